The minimum Gasteiger partial charge on any atom is -0.332 e. The number of hydrogen-bond donors (Lipinski definition) is 1. The Morgan fingerprint density at radius 3 is 2.10 bits per heavy atom. The van der Waals surface area contributed by atoms with Gasteiger partial charge in [-0.2, -0.15) is 0 Å². The molecule has 0 spiro atoms. The van der Waals surface area contributed by atoms with Crippen molar-refractivity contribution < 1.29 is 18.0 Å². The van der Waals surface area contributed by atoms with Gasteiger partial charge in [0.2, 0.25) is 15.9 Å². The first-order valence-electron chi connectivity index (χ1n) is 9.09. The average molecular weight is 418 g/mol. The van der Waals surface area contributed by atoms with Gasteiger partial charge in [0.25, 0.3) is 5.91 Å². The summed E-state index contributed by atoms with van der Waals surface area (Å²) in [5.41, 5.74) is 3.95. The van der Waals surface area contributed by atoms with Crippen LogP contribution in [-0.2, 0) is 14.8 Å². The molecule has 2 aromatic carbocycles. The summed E-state index contributed by atoms with van der Waals surface area (Å²) in [5.74, 6) is -0.763. The summed E-state index contributed by atoms with van der Waals surface area (Å²) >= 11 is 0. The number of carbonyl (C=O) groups is 2. The molecule has 2 amide bonds. The van der Waals surface area contributed by atoms with Gasteiger partial charge in [-0.1, -0.05) is 23.8 Å². The highest BCUT2D eigenvalue weighted by atomic mass is 32.2. The molecule has 0 radical (unpaired) electrons. The standard InChI is InChI=1S/C21H27N3O4S/c1-14-10-15(2)20(16(3)11-14)22-19(25)13-24(6)21(26)17-8-7-9-18(12-17)29(27,28)23(4)5/h7-12H,13H2,1-6H3,(H,22,25). The van der Waals surface area contributed by atoms with Gasteiger partial charge in [-0.3, -0.25) is 9.59 Å². The summed E-state index contributed by atoms with van der Waals surface area (Å²) < 4.78 is 25.6. The molecule has 0 aromatic heterocycles. The van der Waals surface area contributed by atoms with Crippen LogP contribution >= 0.6 is 0 Å². The molecule has 0 atom stereocenters. The lowest BCUT2D eigenvalue weighted by Crippen LogP contribution is -2.35. The van der Waals surface area contributed by atoms with Crippen LogP contribution in [0.1, 0.15) is 27.0 Å². The van der Waals surface area contributed by atoms with E-state index in [1.807, 2.05) is 32.9 Å². The van der Waals surface area contributed by atoms with Crippen molar-refractivity contribution in [2.24, 2.45) is 0 Å². The Morgan fingerprint density at radius 2 is 1.55 bits per heavy atom. The van der Waals surface area contributed by atoms with Gasteiger partial charge in [0.05, 0.1) is 11.4 Å². The number of hydrogen-bond acceptors (Lipinski definition) is 4. The second kappa shape index (κ2) is 8.75. The SMILES string of the molecule is Cc1cc(C)c(NC(=O)CN(C)C(=O)c2cccc(S(=O)(=O)N(C)C)c2)c(C)c1. The fourth-order valence-electron chi connectivity index (χ4n) is 3.06. The number of carbonyl (C=O) groups excluding carboxylic acids is 2. The van der Waals surface area contributed by atoms with Gasteiger partial charge in [0.1, 0.15) is 0 Å². The van der Waals surface area contributed by atoms with E-state index in [1.54, 1.807) is 0 Å². The van der Waals surface area contributed by atoms with Crippen molar-refractivity contribution in [2.45, 2.75) is 25.7 Å². The molecule has 1 N–H and O–H groups in total. The second-order valence-electron chi connectivity index (χ2n) is 7.30. The zero-order valence-electron chi connectivity index (χ0n) is 17.6. The smallest absolute Gasteiger partial charge is 0.254 e. The van der Waals surface area contributed by atoms with Gasteiger partial charge in [-0.05, 0) is 50.1 Å². The summed E-state index contributed by atoms with van der Waals surface area (Å²) in [5, 5.41) is 2.86. The van der Waals surface area contributed by atoms with Crippen LogP contribution in [0.4, 0.5) is 5.69 Å². The molecule has 0 aliphatic heterocycles. The number of likely N-dealkylation sites (N-methyl/N-ethyl adjacent to an activating group) is 1. The van der Waals surface area contributed by atoms with Crippen LogP contribution in [0, 0.1) is 20.8 Å². The lowest BCUT2D eigenvalue weighted by Gasteiger charge is -2.19. The van der Waals surface area contributed by atoms with Crippen LogP contribution < -0.4 is 5.32 Å². The number of nitrogens with one attached hydrogen (secondary N) is 1. The largest absolute Gasteiger partial charge is 0.332 e. The lowest BCUT2D eigenvalue weighted by atomic mass is 10.1. The Bertz CT molecular complexity index is 1020. The molecule has 0 fully saturated rings. The van der Waals surface area contributed by atoms with Crippen molar-refractivity contribution in [3.63, 3.8) is 0 Å². The normalized spacial score (nSPS) is 11.4. The minimum absolute atomic E-state index is 0.0251. The van der Waals surface area contributed by atoms with E-state index in [0.717, 1.165) is 26.7 Å². The fourth-order valence-corrected chi connectivity index (χ4v) is 4.01. The summed E-state index contributed by atoms with van der Waals surface area (Å²) in [7, 11) is 0.704. The molecule has 0 saturated heterocycles. The highest BCUT2D eigenvalue weighted by Gasteiger charge is 2.21. The molecular weight excluding hydrogens is 390 g/mol. The highest BCUT2D eigenvalue weighted by Crippen LogP contribution is 2.22. The van der Waals surface area contributed by atoms with E-state index >= 15 is 0 Å². The average Bonchev–Trinajstić information content (AvgIpc) is 2.63. The number of amides is 2. The summed E-state index contributed by atoms with van der Waals surface area (Å²) in [4.78, 5) is 26.4. The first kappa shape index (κ1) is 22.6. The van der Waals surface area contributed by atoms with E-state index < -0.39 is 15.9 Å². The van der Waals surface area contributed by atoms with E-state index in [-0.39, 0.29) is 22.9 Å². The first-order valence-corrected chi connectivity index (χ1v) is 10.5. The summed E-state index contributed by atoms with van der Waals surface area (Å²) in [6, 6.07) is 9.75. The van der Waals surface area contributed by atoms with Gasteiger partial charge in [0.15, 0.2) is 0 Å². The molecule has 156 valence electrons. The number of sulfonamides is 1. The summed E-state index contributed by atoms with van der Waals surface area (Å²) in [6.45, 7) is 5.67. The van der Waals surface area contributed by atoms with E-state index in [1.165, 1.54) is 50.3 Å². The highest BCUT2D eigenvalue weighted by molar-refractivity contribution is 7.89. The molecule has 0 unspecified atom stereocenters. The maximum atomic E-state index is 12.7. The van der Waals surface area contributed by atoms with E-state index in [2.05, 4.69) is 5.32 Å². The number of benzene rings is 2. The van der Waals surface area contributed by atoms with Crippen LogP contribution in [0.5, 0.6) is 0 Å². The van der Waals surface area contributed by atoms with Crippen LogP contribution in [0.15, 0.2) is 41.3 Å². The number of aryl methyl sites for hydroxylation is 3. The Labute approximate surface area is 172 Å². The van der Waals surface area contributed by atoms with Gasteiger partial charge < -0.3 is 10.2 Å². The zero-order valence-corrected chi connectivity index (χ0v) is 18.4. The molecular formula is C21H27N3O4S. The first-order chi connectivity index (χ1) is 13.4. The predicted octanol–water partition coefficient (Wildman–Crippen LogP) is 2.57. The van der Waals surface area contributed by atoms with Gasteiger partial charge in [0, 0.05) is 32.4 Å². The summed E-state index contributed by atoms with van der Waals surface area (Å²) in [6.07, 6.45) is 0. The molecule has 7 nitrogen and oxygen atoms in total. The number of anilines is 1. The van der Waals surface area contributed by atoms with E-state index in [0.29, 0.717) is 0 Å². The maximum Gasteiger partial charge on any atom is 0.254 e. The van der Waals surface area contributed by atoms with Crippen LogP contribution in [0.3, 0.4) is 0 Å². The quantitative estimate of drug-likeness (QED) is 0.783. The van der Waals surface area contributed by atoms with Crippen molar-refractivity contribution in [2.75, 3.05) is 33.0 Å². The van der Waals surface area contributed by atoms with Crippen LogP contribution in [0.2, 0.25) is 0 Å². The van der Waals surface area contributed by atoms with E-state index in [4.69, 9.17) is 0 Å². The molecule has 29 heavy (non-hydrogen) atoms. The topological polar surface area (TPSA) is 86.8 Å². The maximum absolute atomic E-state index is 12.7. The van der Waals surface area contributed by atoms with Crippen molar-refractivity contribution in [3.05, 3.63) is 58.7 Å². The monoisotopic (exact) mass is 417 g/mol. The van der Waals surface area contributed by atoms with Crippen molar-refractivity contribution in [1.29, 1.82) is 0 Å². The number of rotatable bonds is 6. The lowest BCUT2D eigenvalue weighted by molar-refractivity contribution is -0.116. The Kier molecular flexibility index (Phi) is 6.81. The molecule has 8 heteroatoms. The molecule has 0 bridgehead atoms. The van der Waals surface area contributed by atoms with Crippen LogP contribution in [-0.4, -0.2) is 57.1 Å². The van der Waals surface area contributed by atoms with Crippen molar-refractivity contribution in [1.82, 2.24) is 9.21 Å². The van der Waals surface area contributed by atoms with Crippen LogP contribution in [0.25, 0.3) is 0 Å². The minimum atomic E-state index is -3.65. The van der Waals surface area contributed by atoms with Gasteiger partial charge in [-0.25, -0.2) is 12.7 Å². The number of nitrogens with zero attached hydrogens (tertiary/aromatic N) is 2. The third-order valence-corrected chi connectivity index (χ3v) is 6.34. The molecule has 0 saturated carbocycles. The Morgan fingerprint density at radius 1 is 0.966 bits per heavy atom. The zero-order chi connectivity index (χ0) is 21.9. The van der Waals surface area contributed by atoms with Gasteiger partial charge >= 0.3 is 0 Å². The van der Waals surface area contributed by atoms with Crippen molar-refractivity contribution in [3.8, 4) is 0 Å². The molecule has 2 aromatic rings. The Hall–Kier alpha value is -2.71. The third-order valence-electron chi connectivity index (χ3n) is 4.53. The van der Waals surface area contributed by atoms with E-state index in [9.17, 15) is 18.0 Å². The molecule has 0 aliphatic rings. The predicted molar refractivity (Wildman–Crippen MR) is 114 cm³/mol. The fraction of sp³-hybridized carbons (Fsp3) is 0.333. The van der Waals surface area contributed by atoms with Crippen molar-refractivity contribution >= 4 is 27.5 Å². The second-order valence-corrected chi connectivity index (χ2v) is 9.45. The van der Waals surface area contributed by atoms with Gasteiger partial charge in [-0.15, -0.1) is 0 Å². The molecule has 0 heterocycles. The molecule has 0 aliphatic carbocycles. The third kappa shape index (κ3) is 5.21. The Balaban J connectivity index is 2.14. The molecule has 2 rings (SSSR count).